The fourth-order valence-electron chi connectivity index (χ4n) is 5.51. The number of ether oxygens (including phenoxy) is 5. The van der Waals surface area contributed by atoms with Crippen LogP contribution in [0.2, 0.25) is 0 Å². The average Bonchev–Trinajstić information content (AvgIpc) is 4.08. The average molecular weight is 671 g/mol. The molecule has 0 radical (unpaired) electrons. The quantitative estimate of drug-likeness (QED) is 0.0782. The van der Waals surface area contributed by atoms with Crippen molar-refractivity contribution in [2.24, 2.45) is 0 Å². The summed E-state index contributed by atoms with van der Waals surface area (Å²) >= 11 is 0. The maximum atomic E-state index is 6.01. The molecule has 254 valence electrons. The zero-order valence-electron chi connectivity index (χ0n) is 27.6. The Hall–Kier alpha value is -5.52. The van der Waals surface area contributed by atoms with Crippen LogP contribution in [0.3, 0.4) is 0 Å². The van der Waals surface area contributed by atoms with Gasteiger partial charge in [0.05, 0.1) is 19.8 Å². The molecule has 0 amide bonds. The highest BCUT2D eigenvalue weighted by Crippen LogP contribution is 2.26. The van der Waals surface area contributed by atoms with Crippen molar-refractivity contribution in [3.05, 3.63) is 103 Å². The Morgan fingerprint density at radius 2 is 0.860 bits per heavy atom. The zero-order chi connectivity index (χ0) is 33.5. The molecule has 2 atom stereocenters. The summed E-state index contributed by atoms with van der Waals surface area (Å²) in [6.07, 6.45) is 4.67. The summed E-state index contributed by atoms with van der Waals surface area (Å²) in [6, 6.07) is 32.2. The van der Waals surface area contributed by atoms with Crippen LogP contribution in [0, 0.1) is 0 Å². The van der Waals surface area contributed by atoms with E-state index in [2.05, 4.69) is 54.6 Å². The Labute approximate surface area is 290 Å². The highest BCUT2D eigenvalue weighted by Gasteiger charge is 2.23. The highest BCUT2D eigenvalue weighted by molar-refractivity contribution is 5.63. The van der Waals surface area contributed by atoms with Crippen LogP contribution in [0.15, 0.2) is 97.1 Å². The number of hydrogen-bond acceptors (Lipinski definition) is 9. The maximum Gasteiger partial charge on any atom is 0.161 e. The van der Waals surface area contributed by atoms with Crippen molar-refractivity contribution >= 4 is 0 Å². The lowest BCUT2D eigenvalue weighted by Crippen LogP contribution is -2.03. The molecule has 4 heterocycles. The van der Waals surface area contributed by atoms with Gasteiger partial charge in [-0.05, 0) is 104 Å². The molecule has 2 aliphatic rings. The van der Waals surface area contributed by atoms with E-state index < -0.39 is 0 Å². The number of H-pyrrole nitrogens is 2. The topological polar surface area (TPSA) is 136 Å². The zero-order valence-corrected chi connectivity index (χ0v) is 27.6. The molecule has 0 spiro atoms. The molecule has 6 aromatic rings. The van der Waals surface area contributed by atoms with Gasteiger partial charge < -0.3 is 33.7 Å². The molecule has 0 bridgehead atoms. The highest BCUT2D eigenvalue weighted by atomic mass is 16.6. The Kier molecular flexibility index (Phi) is 9.48. The van der Waals surface area contributed by atoms with E-state index in [1.807, 2.05) is 72.8 Å². The van der Waals surface area contributed by atoms with E-state index in [0.717, 1.165) is 90.0 Å². The van der Waals surface area contributed by atoms with Crippen molar-refractivity contribution in [2.75, 3.05) is 33.0 Å². The van der Waals surface area contributed by atoms with Crippen molar-refractivity contribution in [2.45, 2.75) is 37.9 Å². The number of aromatic nitrogens is 6. The summed E-state index contributed by atoms with van der Waals surface area (Å²) in [5.74, 6) is 5.38. The van der Waals surface area contributed by atoms with E-state index in [0.29, 0.717) is 31.5 Å². The molecule has 2 N–H and O–H groups in total. The molecule has 0 saturated carbocycles. The lowest BCUT2D eigenvalue weighted by Gasteiger charge is -2.07. The van der Waals surface area contributed by atoms with E-state index >= 15 is 0 Å². The van der Waals surface area contributed by atoms with E-state index in [9.17, 15) is 0 Å². The standard InChI is InChI=1S/C39H38N6O5/c1(2-4-26-5-7-27(8-6-26)36-40-38(43-42-36)29-11-17-32(18-12-29)47-22-34-24-49-34)3-21-46-31-15-9-28(10-16-31)37-41-39(45-44-37)30-13-19-33(20-14-30)48-23-35-25-50-35/h5-20,34-35H,1-4,21-25H2,(H,40,42,43)(H,41,44,45). The van der Waals surface area contributed by atoms with Crippen LogP contribution < -0.4 is 14.2 Å². The van der Waals surface area contributed by atoms with Gasteiger partial charge in [-0.1, -0.05) is 24.3 Å². The van der Waals surface area contributed by atoms with Gasteiger partial charge in [0.15, 0.2) is 23.3 Å². The van der Waals surface area contributed by atoms with Gasteiger partial charge in [0.2, 0.25) is 0 Å². The SMILES string of the molecule is c1cc(-c2nnc(-c3ccc(OCC4CO4)cc3)[nH]2)ccc1CCCCCOc1ccc(-c2nnc(-c3ccc(OCC4CO4)cc3)[nH]2)cc1. The van der Waals surface area contributed by atoms with Crippen LogP contribution in [0.1, 0.15) is 24.8 Å². The first kappa shape index (κ1) is 31.7. The first-order valence-electron chi connectivity index (χ1n) is 17.1. The molecule has 2 unspecified atom stereocenters. The van der Waals surface area contributed by atoms with Gasteiger partial charge in [-0.15, -0.1) is 20.4 Å². The van der Waals surface area contributed by atoms with Gasteiger partial charge in [0, 0.05) is 22.3 Å². The lowest BCUT2D eigenvalue weighted by molar-refractivity contribution is 0.263. The molecule has 2 saturated heterocycles. The first-order valence-corrected chi connectivity index (χ1v) is 17.1. The molecule has 50 heavy (non-hydrogen) atoms. The largest absolute Gasteiger partial charge is 0.494 e. The van der Waals surface area contributed by atoms with Crippen LogP contribution in [-0.4, -0.2) is 75.6 Å². The van der Waals surface area contributed by atoms with Crippen LogP contribution in [0.5, 0.6) is 17.2 Å². The summed E-state index contributed by atoms with van der Waals surface area (Å²) in [6.45, 7) is 3.42. The number of unbranched alkanes of at least 4 members (excludes halogenated alkanes) is 2. The number of hydrogen-bond donors (Lipinski definition) is 2. The first-order chi connectivity index (χ1) is 24.7. The van der Waals surface area contributed by atoms with Gasteiger partial charge in [0.25, 0.3) is 0 Å². The lowest BCUT2D eigenvalue weighted by atomic mass is 10.1. The van der Waals surface area contributed by atoms with Crippen molar-refractivity contribution < 1.29 is 23.7 Å². The maximum absolute atomic E-state index is 6.01. The third-order valence-electron chi connectivity index (χ3n) is 8.64. The van der Waals surface area contributed by atoms with E-state index in [1.54, 1.807) is 0 Å². The van der Waals surface area contributed by atoms with Gasteiger partial charge in [0.1, 0.15) is 42.7 Å². The third-order valence-corrected chi connectivity index (χ3v) is 8.64. The van der Waals surface area contributed by atoms with Crippen molar-refractivity contribution in [1.29, 1.82) is 0 Å². The number of rotatable bonds is 17. The molecule has 2 aliphatic heterocycles. The second kappa shape index (κ2) is 14.9. The summed E-state index contributed by atoms with van der Waals surface area (Å²) in [5, 5.41) is 17.4. The van der Waals surface area contributed by atoms with Crippen molar-refractivity contribution in [3.8, 4) is 62.8 Å². The monoisotopic (exact) mass is 670 g/mol. The van der Waals surface area contributed by atoms with Crippen LogP contribution in [0.25, 0.3) is 45.6 Å². The second-order valence-corrected chi connectivity index (χ2v) is 12.5. The molecule has 0 aliphatic carbocycles. The number of nitrogens with one attached hydrogen (secondary N) is 2. The minimum atomic E-state index is 0.233. The Balaban J connectivity index is 0.741. The molecule has 2 aromatic heterocycles. The predicted octanol–water partition coefficient (Wildman–Crippen LogP) is 6.94. The Morgan fingerprint density at radius 3 is 1.26 bits per heavy atom. The van der Waals surface area contributed by atoms with Crippen molar-refractivity contribution in [1.82, 2.24) is 30.4 Å². The molecule has 11 nitrogen and oxygen atoms in total. The fourth-order valence-corrected chi connectivity index (χ4v) is 5.51. The number of aryl methyl sites for hydroxylation is 1. The van der Waals surface area contributed by atoms with Gasteiger partial charge in [-0.3, -0.25) is 0 Å². The summed E-state index contributed by atoms with van der Waals surface area (Å²) in [4.78, 5) is 6.65. The molecule has 11 heteroatoms. The van der Waals surface area contributed by atoms with Crippen LogP contribution in [-0.2, 0) is 15.9 Å². The normalized spacial score (nSPS) is 16.2. The Bertz CT molecular complexity index is 1820. The summed E-state index contributed by atoms with van der Waals surface area (Å²) in [5.41, 5.74) is 5.17. The molecule has 4 aromatic carbocycles. The number of epoxide rings is 2. The molecular formula is C39H38N6O5. The number of nitrogens with zero attached hydrogens (tertiary/aromatic N) is 4. The van der Waals surface area contributed by atoms with Gasteiger partial charge in [-0.2, -0.15) is 0 Å². The minimum absolute atomic E-state index is 0.233. The van der Waals surface area contributed by atoms with Crippen LogP contribution in [0.4, 0.5) is 0 Å². The van der Waals surface area contributed by atoms with E-state index in [4.69, 9.17) is 23.7 Å². The number of aromatic amines is 2. The number of benzene rings is 4. The van der Waals surface area contributed by atoms with Gasteiger partial charge >= 0.3 is 0 Å². The molecular weight excluding hydrogens is 632 g/mol. The van der Waals surface area contributed by atoms with Gasteiger partial charge in [-0.25, -0.2) is 0 Å². The van der Waals surface area contributed by atoms with E-state index in [-0.39, 0.29) is 12.2 Å². The smallest absolute Gasteiger partial charge is 0.161 e. The second-order valence-electron chi connectivity index (χ2n) is 12.5. The fraction of sp³-hybridized carbons (Fsp3) is 0.282. The Morgan fingerprint density at radius 1 is 0.480 bits per heavy atom. The summed E-state index contributed by atoms with van der Waals surface area (Å²) < 4.78 is 27.8. The minimum Gasteiger partial charge on any atom is -0.494 e. The molecule has 2 fully saturated rings. The third kappa shape index (κ3) is 8.36. The predicted molar refractivity (Wildman–Crippen MR) is 188 cm³/mol. The summed E-state index contributed by atoms with van der Waals surface area (Å²) in [7, 11) is 0. The van der Waals surface area contributed by atoms with E-state index in [1.165, 1.54) is 5.56 Å². The molecule has 8 rings (SSSR count). The van der Waals surface area contributed by atoms with Crippen LogP contribution >= 0.6 is 0 Å². The van der Waals surface area contributed by atoms with Crippen molar-refractivity contribution in [3.63, 3.8) is 0 Å².